The van der Waals surface area contributed by atoms with Gasteiger partial charge in [-0.3, -0.25) is 4.72 Å². The van der Waals surface area contributed by atoms with Gasteiger partial charge in [-0.1, -0.05) is 6.92 Å². The number of nitrogens with one attached hydrogen (secondary N) is 2. The molecule has 3 N–H and O–H groups in total. The van der Waals surface area contributed by atoms with E-state index in [0.717, 1.165) is 6.42 Å². The van der Waals surface area contributed by atoms with Gasteiger partial charge >= 0.3 is 5.97 Å². The highest BCUT2D eigenvalue weighted by molar-refractivity contribution is 7.91. The zero-order valence-electron chi connectivity index (χ0n) is 13.7. The molecule has 134 valence electrons. The van der Waals surface area contributed by atoms with Crippen molar-refractivity contribution in [2.45, 2.75) is 25.2 Å². The number of thiocarbonyl (C=S) groups is 1. The van der Waals surface area contributed by atoms with Crippen LogP contribution in [0, 0.1) is 6.92 Å². The number of aromatic carboxylic acids is 1. The number of aryl methyl sites for hydroxylation is 1. The summed E-state index contributed by atoms with van der Waals surface area (Å²) in [6.07, 6.45) is 0.818. The van der Waals surface area contributed by atoms with E-state index >= 15 is 0 Å². The molecule has 0 saturated heterocycles. The molecule has 0 fully saturated rings. The van der Waals surface area contributed by atoms with Gasteiger partial charge in [0.2, 0.25) is 0 Å². The molecule has 0 bridgehead atoms. The average Bonchev–Trinajstić information content (AvgIpc) is 2.95. The standard InChI is InChI=1S/C15H18N4O4S2/c1-3-8-16-15(24)18-25(22,23)12-6-4-11(5-7-12)19-10(2)9-13(17-19)14(20)21/h4-7,9H,3,8H2,1-2H3,(H,20,21)(H2,16,18,24). The van der Waals surface area contributed by atoms with Crippen LogP contribution in [-0.2, 0) is 10.0 Å². The van der Waals surface area contributed by atoms with Crippen molar-refractivity contribution in [3.63, 3.8) is 0 Å². The molecule has 0 radical (unpaired) electrons. The van der Waals surface area contributed by atoms with Gasteiger partial charge in [0.15, 0.2) is 10.8 Å². The molecule has 2 aromatic rings. The minimum Gasteiger partial charge on any atom is -0.476 e. The van der Waals surface area contributed by atoms with E-state index in [2.05, 4.69) is 15.1 Å². The Morgan fingerprint density at radius 2 is 1.96 bits per heavy atom. The van der Waals surface area contributed by atoms with Gasteiger partial charge in [0, 0.05) is 12.2 Å². The van der Waals surface area contributed by atoms with Crippen LogP contribution in [0.25, 0.3) is 5.69 Å². The Labute approximate surface area is 150 Å². The summed E-state index contributed by atoms with van der Waals surface area (Å²) in [6.45, 7) is 4.23. The Morgan fingerprint density at radius 1 is 1.32 bits per heavy atom. The molecular weight excluding hydrogens is 364 g/mol. The molecule has 0 amide bonds. The SMILES string of the molecule is CCCNC(=S)NS(=O)(=O)c1ccc(-n2nc(C(=O)O)cc2C)cc1. The first kappa shape index (κ1) is 18.9. The highest BCUT2D eigenvalue weighted by Gasteiger charge is 2.16. The number of nitrogens with zero attached hydrogens (tertiary/aromatic N) is 2. The van der Waals surface area contributed by atoms with Gasteiger partial charge in [0.05, 0.1) is 10.6 Å². The van der Waals surface area contributed by atoms with Crippen molar-refractivity contribution < 1.29 is 18.3 Å². The second kappa shape index (κ2) is 7.62. The van der Waals surface area contributed by atoms with E-state index in [1.54, 1.807) is 19.1 Å². The van der Waals surface area contributed by atoms with Crippen molar-refractivity contribution in [2.75, 3.05) is 6.54 Å². The Hall–Kier alpha value is -2.46. The molecule has 0 aliphatic heterocycles. The fraction of sp³-hybridized carbons (Fsp3) is 0.267. The number of carboxylic acid groups (broad SMARTS) is 1. The van der Waals surface area contributed by atoms with Crippen molar-refractivity contribution in [2.24, 2.45) is 0 Å². The number of sulfonamides is 1. The van der Waals surface area contributed by atoms with Crippen LogP contribution in [0.3, 0.4) is 0 Å². The van der Waals surface area contributed by atoms with Crippen LogP contribution < -0.4 is 10.0 Å². The molecule has 1 heterocycles. The highest BCUT2D eigenvalue weighted by atomic mass is 32.2. The highest BCUT2D eigenvalue weighted by Crippen LogP contribution is 2.16. The lowest BCUT2D eigenvalue weighted by Gasteiger charge is -2.11. The van der Waals surface area contributed by atoms with Crippen LogP contribution in [0.15, 0.2) is 35.2 Å². The fourth-order valence-corrected chi connectivity index (χ4v) is 3.42. The third-order valence-electron chi connectivity index (χ3n) is 3.26. The van der Waals surface area contributed by atoms with E-state index in [-0.39, 0.29) is 15.7 Å². The number of hydrogen-bond donors (Lipinski definition) is 3. The molecule has 0 aliphatic carbocycles. The molecule has 0 atom stereocenters. The molecule has 2 rings (SSSR count). The van der Waals surface area contributed by atoms with Gasteiger partial charge in [-0.25, -0.2) is 17.9 Å². The average molecular weight is 382 g/mol. The van der Waals surface area contributed by atoms with E-state index in [1.165, 1.54) is 22.9 Å². The zero-order chi connectivity index (χ0) is 18.6. The van der Waals surface area contributed by atoms with Crippen LogP contribution >= 0.6 is 12.2 Å². The fourth-order valence-electron chi connectivity index (χ4n) is 2.06. The van der Waals surface area contributed by atoms with E-state index in [1.807, 2.05) is 6.92 Å². The number of aromatic nitrogens is 2. The van der Waals surface area contributed by atoms with E-state index in [4.69, 9.17) is 17.3 Å². The van der Waals surface area contributed by atoms with Crippen molar-refractivity contribution >= 4 is 33.3 Å². The van der Waals surface area contributed by atoms with Gasteiger partial charge in [0.25, 0.3) is 10.0 Å². The Bertz CT molecular complexity index is 889. The number of hydrogen-bond acceptors (Lipinski definition) is 5. The minimum atomic E-state index is -3.78. The van der Waals surface area contributed by atoms with Gasteiger partial charge in [-0.05, 0) is 55.9 Å². The summed E-state index contributed by atoms with van der Waals surface area (Å²) < 4.78 is 28.3. The minimum absolute atomic E-state index is 0.0416. The Morgan fingerprint density at radius 3 is 2.48 bits per heavy atom. The summed E-state index contributed by atoms with van der Waals surface area (Å²) in [4.78, 5) is 11.0. The first-order valence-corrected chi connectivity index (χ1v) is 9.35. The first-order chi connectivity index (χ1) is 11.7. The number of benzene rings is 1. The van der Waals surface area contributed by atoms with Gasteiger partial charge in [0.1, 0.15) is 0 Å². The van der Waals surface area contributed by atoms with Crippen LogP contribution in [0.1, 0.15) is 29.5 Å². The molecular formula is C15H18N4O4S2. The van der Waals surface area contributed by atoms with Crippen molar-refractivity contribution in [3.8, 4) is 5.69 Å². The molecule has 1 aromatic carbocycles. The number of carboxylic acids is 1. The maximum Gasteiger partial charge on any atom is 0.356 e. The van der Waals surface area contributed by atoms with E-state index in [9.17, 15) is 13.2 Å². The van der Waals surface area contributed by atoms with Gasteiger partial charge in [-0.2, -0.15) is 5.10 Å². The maximum atomic E-state index is 12.3. The maximum absolute atomic E-state index is 12.3. The first-order valence-electron chi connectivity index (χ1n) is 7.45. The van der Waals surface area contributed by atoms with Crippen molar-refractivity contribution in [1.29, 1.82) is 0 Å². The van der Waals surface area contributed by atoms with Crippen molar-refractivity contribution in [1.82, 2.24) is 19.8 Å². The largest absolute Gasteiger partial charge is 0.476 e. The van der Waals surface area contributed by atoms with E-state index in [0.29, 0.717) is 17.9 Å². The van der Waals surface area contributed by atoms with Crippen molar-refractivity contribution in [3.05, 3.63) is 41.7 Å². The molecule has 1 aromatic heterocycles. The number of rotatable bonds is 6. The molecule has 10 heteroatoms. The summed E-state index contributed by atoms with van der Waals surface area (Å²) in [5.41, 5.74) is 1.09. The topological polar surface area (TPSA) is 113 Å². The quantitative estimate of drug-likeness (QED) is 0.648. The lowest BCUT2D eigenvalue weighted by Crippen LogP contribution is -2.39. The van der Waals surface area contributed by atoms with Crippen LogP contribution in [0.2, 0.25) is 0 Å². The van der Waals surface area contributed by atoms with Crippen LogP contribution in [0.4, 0.5) is 0 Å². The van der Waals surface area contributed by atoms with Crippen LogP contribution in [-0.4, -0.2) is 40.9 Å². The summed E-state index contributed by atoms with van der Waals surface area (Å²) in [6, 6.07) is 7.33. The summed E-state index contributed by atoms with van der Waals surface area (Å²) in [5.74, 6) is -1.13. The lowest BCUT2D eigenvalue weighted by molar-refractivity contribution is 0.0690. The predicted octanol–water partition coefficient (Wildman–Crippen LogP) is 1.44. The van der Waals surface area contributed by atoms with Gasteiger partial charge < -0.3 is 10.4 Å². The Kier molecular flexibility index (Phi) is 5.75. The second-order valence-corrected chi connectivity index (χ2v) is 7.33. The molecule has 25 heavy (non-hydrogen) atoms. The summed E-state index contributed by atoms with van der Waals surface area (Å²) in [7, 11) is -3.78. The molecule has 0 spiro atoms. The molecule has 8 nitrogen and oxygen atoms in total. The third kappa shape index (κ3) is 4.54. The molecule has 0 saturated carbocycles. The summed E-state index contributed by atoms with van der Waals surface area (Å²) in [5, 5.41) is 15.8. The lowest BCUT2D eigenvalue weighted by atomic mass is 10.3. The number of carbonyl (C=O) groups is 1. The normalized spacial score (nSPS) is 11.1. The Balaban J connectivity index is 2.22. The van der Waals surface area contributed by atoms with E-state index < -0.39 is 16.0 Å². The predicted molar refractivity (Wildman–Crippen MR) is 96.5 cm³/mol. The summed E-state index contributed by atoms with van der Waals surface area (Å²) >= 11 is 4.94. The third-order valence-corrected chi connectivity index (χ3v) is 5.00. The molecule has 0 unspecified atom stereocenters. The van der Waals surface area contributed by atoms with Gasteiger partial charge in [-0.15, -0.1) is 0 Å². The molecule has 0 aliphatic rings. The monoisotopic (exact) mass is 382 g/mol. The second-order valence-electron chi connectivity index (χ2n) is 5.24. The van der Waals surface area contributed by atoms with Crippen LogP contribution in [0.5, 0.6) is 0 Å². The zero-order valence-corrected chi connectivity index (χ0v) is 15.3. The smallest absolute Gasteiger partial charge is 0.356 e.